The van der Waals surface area contributed by atoms with E-state index in [0.29, 0.717) is 18.4 Å². The van der Waals surface area contributed by atoms with Gasteiger partial charge < -0.3 is 5.32 Å². The van der Waals surface area contributed by atoms with Crippen molar-refractivity contribution in [2.75, 3.05) is 5.32 Å². The topological polar surface area (TPSA) is 12.0 Å². The second-order valence-electron chi connectivity index (χ2n) is 6.30. The summed E-state index contributed by atoms with van der Waals surface area (Å²) < 4.78 is 28.1. The molecule has 1 nitrogen and oxygen atoms in total. The van der Waals surface area contributed by atoms with Gasteiger partial charge in [0, 0.05) is 16.9 Å². The van der Waals surface area contributed by atoms with Crippen LogP contribution >= 0.6 is 0 Å². The molecule has 0 unspecified atom stereocenters. The van der Waals surface area contributed by atoms with Crippen molar-refractivity contribution in [1.82, 2.24) is 0 Å². The largest absolute Gasteiger partial charge is 0.355 e. The molecule has 0 radical (unpaired) electrons. The molecular weight excluding hydrogens is 316 g/mol. The van der Waals surface area contributed by atoms with E-state index in [2.05, 4.69) is 5.32 Å². The summed E-state index contributed by atoms with van der Waals surface area (Å²) in [6.45, 7) is 3.74. The lowest BCUT2D eigenvalue weighted by Crippen LogP contribution is -2.02. The lowest BCUT2D eigenvalue weighted by atomic mass is 10.0. The van der Waals surface area contributed by atoms with Gasteiger partial charge in [0.05, 0.1) is 0 Å². The molecule has 0 aliphatic carbocycles. The average molecular weight is 337 g/mol. The van der Waals surface area contributed by atoms with Gasteiger partial charge in [-0.25, -0.2) is 8.78 Å². The van der Waals surface area contributed by atoms with Gasteiger partial charge in [0.2, 0.25) is 0 Å². The van der Waals surface area contributed by atoms with Crippen molar-refractivity contribution in [1.29, 1.82) is 0 Å². The summed E-state index contributed by atoms with van der Waals surface area (Å²) in [4.78, 5) is 0. The van der Waals surface area contributed by atoms with E-state index >= 15 is 0 Å². The van der Waals surface area contributed by atoms with E-state index in [1.165, 1.54) is 12.1 Å². The highest BCUT2D eigenvalue weighted by Gasteiger charge is 2.11. The van der Waals surface area contributed by atoms with Crippen LogP contribution in [0.15, 0.2) is 60.7 Å². The smallest absolute Gasteiger partial charge is 0.129 e. The van der Waals surface area contributed by atoms with Crippen LogP contribution in [0.2, 0.25) is 0 Å². The molecule has 0 bridgehead atoms. The first-order valence-electron chi connectivity index (χ1n) is 8.39. The fourth-order valence-corrected chi connectivity index (χ4v) is 2.95. The SMILES string of the molecule is Cc1cc(F)c(CCc2ccccc2Nc2ccccc2C)c(F)c1. The van der Waals surface area contributed by atoms with E-state index in [1.54, 1.807) is 6.92 Å². The van der Waals surface area contributed by atoms with Crippen molar-refractivity contribution in [3.63, 3.8) is 0 Å². The standard InChI is InChI=1S/C22H21F2N/c1-15-13-19(23)18(20(24)14-15)12-11-17-8-4-6-10-22(17)25-21-9-5-3-7-16(21)2/h3-10,13-14,25H,11-12H2,1-2H3. The number of benzene rings is 3. The molecule has 25 heavy (non-hydrogen) atoms. The van der Waals surface area contributed by atoms with Gasteiger partial charge >= 0.3 is 0 Å². The fraction of sp³-hybridized carbons (Fsp3) is 0.182. The summed E-state index contributed by atoms with van der Waals surface area (Å²) in [5.41, 5.74) is 4.92. The molecule has 0 atom stereocenters. The first-order chi connectivity index (χ1) is 12.0. The number of aryl methyl sites for hydroxylation is 3. The Morgan fingerprint density at radius 3 is 2.04 bits per heavy atom. The van der Waals surface area contributed by atoms with Crippen molar-refractivity contribution in [2.24, 2.45) is 0 Å². The second-order valence-corrected chi connectivity index (χ2v) is 6.30. The summed E-state index contributed by atoms with van der Waals surface area (Å²) in [7, 11) is 0. The molecule has 0 saturated heterocycles. The first-order valence-corrected chi connectivity index (χ1v) is 8.39. The Hall–Kier alpha value is -2.68. The van der Waals surface area contributed by atoms with Crippen LogP contribution in [-0.4, -0.2) is 0 Å². The van der Waals surface area contributed by atoms with Crippen LogP contribution < -0.4 is 5.32 Å². The molecule has 1 N–H and O–H groups in total. The Labute approximate surface area is 147 Å². The number of nitrogens with one attached hydrogen (secondary N) is 1. The third-order valence-electron chi connectivity index (χ3n) is 4.36. The zero-order valence-electron chi connectivity index (χ0n) is 14.4. The van der Waals surface area contributed by atoms with Crippen molar-refractivity contribution in [2.45, 2.75) is 26.7 Å². The Kier molecular flexibility index (Phi) is 5.13. The lowest BCUT2D eigenvalue weighted by molar-refractivity contribution is 0.553. The van der Waals surface area contributed by atoms with Crippen LogP contribution in [0.25, 0.3) is 0 Å². The van der Waals surface area contributed by atoms with Crippen LogP contribution in [0.3, 0.4) is 0 Å². The van der Waals surface area contributed by atoms with Crippen LogP contribution in [0.1, 0.15) is 22.3 Å². The summed E-state index contributed by atoms with van der Waals surface area (Å²) in [5, 5.41) is 3.43. The minimum atomic E-state index is -0.471. The normalized spacial score (nSPS) is 10.7. The molecule has 128 valence electrons. The number of halogens is 2. The van der Waals surface area contributed by atoms with E-state index < -0.39 is 11.6 Å². The summed E-state index contributed by atoms with van der Waals surface area (Å²) >= 11 is 0. The molecule has 3 heteroatoms. The molecule has 0 amide bonds. The summed E-state index contributed by atoms with van der Waals surface area (Å²) in [5.74, 6) is -0.941. The zero-order valence-corrected chi connectivity index (χ0v) is 14.4. The molecule has 0 spiro atoms. The quantitative estimate of drug-likeness (QED) is 0.592. The number of para-hydroxylation sites is 2. The Morgan fingerprint density at radius 2 is 1.36 bits per heavy atom. The third kappa shape index (κ3) is 4.05. The minimum absolute atomic E-state index is 0.149. The molecule has 0 aliphatic heterocycles. The van der Waals surface area contributed by atoms with Crippen LogP contribution in [0.5, 0.6) is 0 Å². The van der Waals surface area contributed by atoms with Gasteiger partial charge in [0.25, 0.3) is 0 Å². The van der Waals surface area contributed by atoms with Crippen molar-refractivity contribution in [3.05, 3.63) is 94.6 Å². The van der Waals surface area contributed by atoms with Crippen molar-refractivity contribution >= 4 is 11.4 Å². The predicted molar refractivity (Wildman–Crippen MR) is 99.4 cm³/mol. The molecule has 3 rings (SSSR count). The van der Waals surface area contributed by atoms with E-state index in [-0.39, 0.29) is 5.56 Å². The third-order valence-corrected chi connectivity index (χ3v) is 4.36. The van der Waals surface area contributed by atoms with Crippen molar-refractivity contribution < 1.29 is 8.78 Å². The molecule has 0 aliphatic rings. The maximum atomic E-state index is 14.1. The monoisotopic (exact) mass is 337 g/mol. The highest BCUT2D eigenvalue weighted by molar-refractivity contribution is 5.65. The van der Waals surface area contributed by atoms with Gasteiger partial charge in [0.15, 0.2) is 0 Å². The highest BCUT2D eigenvalue weighted by Crippen LogP contribution is 2.25. The zero-order chi connectivity index (χ0) is 17.8. The predicted octanol–water partition coefficient (Wildman–Crippen LogP) is 6.11. The van der Waals surface area contributed by atoms with Crippen LogP contribution in [0.4, 0.5) is 20.2 Å². The molecule has 0 aromatic heterocycles. The molecule has 0 saturated carbocycles. The number of anilines is 2. The lowest BCUT2D eigenvalue weighted by Gasteiger charge is -2.14. The van der Waals surface area contributed by atoms with Gasteiger partial charge in [-0.1, -0.05) is 36.4 Å². The van der Waals surface area contributed by atoms with E-state index in [9.17, 15) is 8.78 Å². The number of rotatable bonds is 5. The highest BCUT2D eigenvalue weighted by atomic mass is 19.1. The maximum absolute atomic E-state index is 14.1. The summed E-state index contributed by atoms with van der Waals surface area (Å²) in [6, 6.07) is 18.7. The maximum Gasteiger partial charge on any atom is 0.129 e. The van der Waals surface area contributed by atoms with E-state index in [1.807, 2.05) is 55.5 Å². The van der Waals surface area contributed by atoms with E-state index in [4.69, 9.17) is 0 Å². The Bertz CT molecular complexity index is 864. The van der Waals surface area contributed by atoms with Crippen LogP contribution in [0, 0.1) is 25.5 Å². The Balaban J connectivity index is 1.81. The molecule has 0 heterocycles. The van der Waals surface area contributed by atoms with Gasteiger partial charge in [-0.05, 0) is 67.6 Å². The molecule has 0 fully saturated rings. The van der Waals surface area contributed by atoms with Crippen LogP contribution in [-0.2, 0) is 12.8 Å². The van der Waals surface area contributed by atoms with Gasteiger partial charge in [0.1, 0.15) is 11.6 Å². The van der Waals surface area contributed by atoms with Gasteiger partial charge in [-0.3, -0.25) is 0 Å². The number of hydrogen-bond donors (Lipinski definition) is 1. The van der Waals surface area contributed by atoms with Gasteiger partial charge in [-0.2, -0.15) is 0 Å². The Morgan fingerprint density at radius 1 is 0.760 bits per heavy atom. The molecular formula is C22H21F2N. The fourth-order valence-electron chi connectivity index (χ4n) is 2.95. The molecule has 3 aromatic rings. The summed E-state index contributed by atoms with van der Waals surface area (Å²) in [6.07, 6.45) is 0.885. The van der Waals surface area contributed by atoms with E-state index in [0.717, 1.165) is 22.5 Å². The van der Waals surface area contributed by atoms with Crippen molar-refractivity contribution in [3.8, 4) is 0 Å². The second kappa shape index (κ2) is 7.47. The first kappa shape index (κ1) is 17.2. The molecule has 3 aromatic carbocycles. The average Bonchev–Trinajstić information content (AvgIpc) is 2.57. The minimum Gasteiger partial charge on any atom is -0.355 e. The number of hydrogen-bond acceptors (Lipinski definition) is 1. The van der Waals surface area contributed by atoms with Gasteiger partial charge in [-0.15, -0.1) is 0 Å².